The van der Waals surface area contributed by atoms with Crippen molar-refractivity contribution >= 4 is 21.7 Å². The molecule has 0 radical (unpaired) electrons. The molecule has 0 atom stereocenters. The zero-order chi connectivity index (χ0) is 17.9. The predicted octanol–water partition coefficient (Wildman–Crippen LogP) is 2.48. The van der Waals surface area contributed by atoms with E-state index in [0.717, 1.165) is 4.31 Å². The number of ether oxygens (including phenoxy) is 1. The fourth-order valence-electron chi connectivity index (χ4n) is 2.28. The molecule has 0 aliphatic rings. The largest absolute Gasteiger partial charge is 0.465 e. The minimum absolute atomic E-state index is 0.00950. The molecule has 0 heterocycles. The summed E-state index contributed by atoms with van der Waals surface area (Å²) in [7, 11) is -1.26. The van der Waals surface area contributed by atoms with Crippen LogP contribution in [0.25, 0.3) is 0 Å². The van der Waals surface area contributed by atoms with Crippen molar-refractivity contribution in [2.24, 2.45) is 0 Å². The number of sulfonamides is 1. The molecular weight excluding hydrogens is 328 g/mol. The minimum atomic E-state index is -3.90. The number of rotatable bonds is 4. The lowest BCUT2D eigenvalue weighted by Crippen LogP contribution is -2.27. The first-order valence-corrected chi connectivity index (χ1v) is 8.44. The molecule has 0 fully saturated rings. The van der Waals surface area contributed by atoms with Gasteiger partial charge in [-0.25, -0.2) is 13.2 Å². The smallest absolute Gasteiger partial charge is 0.338 e. The summed E-state index contributed by atoms with van der Waals surface area (Å²) in [6.07, 6.45) is 0. The number of carbonyl (C=O) groups is 1. The first-order valence-electron chi connectivity index (χ1n) is 7.00. The first kappa shape index (κ1) is 17.5. The third-order valence-corrected chi connectivity index (χ3v) is 5.60. The van der Waals surface area contributed by atoms with Crippen molar-refractivity contribution in [3.63, 3.8) is 0 Å². The Balaban J connectivity index is 2.55. The number of methoxy groups -OCH3 is 1. The van der Waals surface area contributed by atoms with Gasteiger partial charge in [0, 0.05) is 7.05 Å². The number of nitriles is 1. The topological polar surface area (TPSA) is 87.5 Å². The van der Waals surface area contributed by atoms with Crippen LogP contribution >= 0.6 is 0 Å². The molecule has 24 heavy (non-hydrogen) atoms. The van der Waals surface area contributed by atoms with E-state index in [9.17, 15) is 13.2 Å². The average molecular weight is 344 g/mol. The number of esters is 1. The van der Waals surface area contributed by atoms with Crippen molar-refractivity contribution in [1.29, 1.82) is 5.26 Å². The summed E-state index contributed by atoms with van der Waals surface area (Å²) in [4.78, 5) is 11.8. The Labute approximate surface area is 141 Å². The molecule has 0 amide bonds. The van der Waals surface area contributed by atoms with Crippen LogP contribution in [0.2, 0.25) is 0 Å². The molecule has 7 heteroatoms. The van der Waals surface area contributed by atoms with Crippen molar-refractivity contribution in [2.75, 3.05) is 18.5 Å². The van der Waals surface area contributed by atoms with Crippen molar-refractivity contribution in [3.8, 4) is 6.07 Å². The van der Waals surface area contributed by atoms with Crippen LogP contribution in [0, 0.1) is 18.3 Å². The summed E-state index contributed by atoms with van der Waals surface area (Å²) in [5.41, 5.74) is 1.22. The molecule has 0 bridgehead atoms. The molecule has 0 unspecified atom stereocenters. The Hall–Kier alpha value is -2.85. The van der Waals surface area contributed by atoms with E-state index in [4.69, 9.17) is 5.26 Å². The lowest BCUT2D eigenvalue weighted by Gasteiger charge is -2.21. The second-order valence-electron chi connectivity index (χ2n) is 5.05. The highest BCUT2D eigenvalue weighted by atomic mass is 32.2. The first-order chi connectivity index (χ1) is 11.3. The van der Waals surface area contributed by atoms with Crippen LogP contribution in [-0.2, 0) is 14.8 Å². The summed E-state index contributed by atoms with van der Waals surface area (Å²) < 4.78 is 31.6. The minimum Gasteiger partial charge on any atom is -0.465 e. The van der Waals surface area contributed by atoms with Gasteiger partial charge >= 0.3 is 5.97 Å². The fraction of sp³-hybridized carbons (Fsp3) is 0.176. The van der Waals surface area contributed by atoms with Gasteiger partial charge in [-0.3, -0.25) is 4.31 Å². The highest BCUT2D eigenvalue weighted by molar-refractivity contribution is 7.92. The van der Waals surface area contributed by atoms with E-state index in [1.165, 1.54) is 38.4 Å². The molecular formula is C17H16N2O4S. The van der Waals surface area contributed by atoms with E-state index in [-0.39, 0.29) is 10.5 Å². The Morgan fingerprint density at radius 1 is 1.21 bits per heavy atom. The molecule has 0 spiro atoms. The van der Waals surface area contributed by atoms with E-state index in [2.05, 4.69) is 4.74 Å². The van der Waals surface area contributed by atoms with Gasteiger partial charge in [-0.15, -0.1) is 0 Å². The van der Waals surface area contributed by atoms with Gasteiger partial charge in [-0.1, -0.05) is 12.1 Å². The molecule has 0 aromatic heterocycles. The van der Waals surface area contributed by atoms with E-state index >= 15 is 0 Å². The lowest BCUT2D eigenvalue weighted by molar-refractivity contribution is 0.0599. The average Bonchev–Trinajstić information content (AvgIpc) is 2.60. The van der Waals surface area contributed by atoms with Gasteiger partial charge < -0.3 is 4.74 Å². The zero-order valence-corrected chi connectivity index (χ0v) is 14.3. The Kier molecular flexibility index (Phi) is 4.90. The molecule has 124 valence electrons. The normalized spacial score (nSPS) is 10.8. The molecule has 0 saturated heterocycles. The maximum atomic E-state index is 12.9. The maximum absolute atomic E-state index is 12.9. The van der Waals surface area contributed by atoms with E-state index in [0.29, 0.717) is 16.8 Å². The van der Waals surface area contributed by atoms with Crippen LogP contribution in [0.5, 0.6) is 0 Å². The number of benzene rings is 2. The third kappa shape index (κ3) is 3.09. The molecule has 6 nitrogen and oxygen atoms in total. The van der Waals surface area contributed by atoms with Gasteiger partial charge in [0.1, 0.15) is 0 Å². The van der Waals surface area contributed by atoms with Gasteiger partial charge in [-0.05, 0) is 42.8 Å². The molecule has 0 N–H and O–H groups in total. The molecule has 0 aliphatic carbocycles. The summed E-state index contributed by atoms with van der Waals surface area (Å²) in [5, 5.41) is 8.96. The third-order valence-electron chi connectivity index (χ3n) is 3.67. The van der Waals surface area contributed by atoms with E-state index in [1.54, 1.807) is 25.1 Å². The monoisotopic (exact) mass is 344 g/mol. The van der Waals surface area contributed by atoms with Crippen LogP contribution in [0.1, 0.15) is 21.5 Å². The van der Waals surface area contributed by atoms with Gasteiger partial charge in [0.25, 0.3) is 10.0 Å². The van der Waals surface area contributed by atoms with Gasteiger partial charge in [0.15, 0.2) is 0 Å². The molecule has 2 rings (SSSR count). The predicted molar refractivity (Wildman–Crippen MR) is 89.3 cm³/mol. The van der Waals surface area contributed by atoms with Crippen LogP contribution in [-0.4, -0.2) is 28.5 Å². The number of anilines is 1. The Bertz CT molecular complexity index is 930. The SMILES string of the molecule is COC(=O)c1cccc(S(=O)(=O)N(C)c2cccc(C#N)c2)c1C. The van der Waals surface area contributed by atoms with Gasteiger partial charge in [0.2, 0.25) is 0 Å². The molecule has 2 aromatic carbocycles. The standard InChI is InChI=1S/C17H16N2O4S/c1-12-15(17(20)23-3)8-5-9-16(12)24(21,22)19(2)14-7-4-6-13(10-14)11-18/h4-10H,1-3H3. The van der Waals surface area contributed by atoms with Crippen molar-refractivity contribution < 1.29 is 17.9 Å². The molecule has 0 saturated carbocycles. The van der Waals surface area contributed by atoms with Gasteiger partial charge in [0.05, 0.1) is 34.9 Å². The Morgan fingerprint density at radius 2 is 1.88 bits per heavy atom. The van der Waals surface area contributed by atoms with Crippen molar-refractivity contribution in [3.05, 3.63) is 59.2 Å². The summed E-state index contributed by atoms with van der Waals surface area (Å²) in [6, 6.07) is 12.7. The van der Waals surface area contributed by atoms with Gasteiger partial charge in [-0.2, -0.15) is 5.26 Å². The van der Waals surface area contributed by atoms with Crippen LogP contribution < -0.4 is 4.31 Å². The lowest BCUT2D eigenvalue weighted by atomic mass is 10.1. The number of carbonyl (C=O) groups excluding carboxylic acids is 1. The number of hydrogen-bond acceptors (Lipinski definition) is 5. The van der Waals surface area contributed by atoms with Crippen molar-refractivity contribution in [2.45, 2.75) is 11.8 Å². The highest BCUT2D eigenvalue weighted by Crippen LogP contribution is 2.26. The van der Waals surface area contributed by atoms with Crippen LogP contribution in [0.4, 0.5) is 5.69 Å². The van der Waals surface area contributed by atoms with E-state index in [1.807, 2.05) is 6.07 Å². The second-order valence-corrected chi connectivity index (χ2v) is 6.99. The highest BCUT2D eigenvalue weighted by Gasteiger charge is 2.26. The summed E-state index contributed by atoms with van der Waals surface area (Å²) in [6.45, 7) is 1.55. The molecule has 2 aromatic rings. The summed E-state index contributed by atoms with van der Waals surface area (Å²) >= 11 is 0. The Morgan fingerprint density at radius 3 is 2.50 bits per heavy atom. The fourth-order valence-corrected chi connectivity index (χ4v) is 3.72. The quantitative estimate of drug-likeness (QED) is 0.795. The number of hydrogen-bond donors (Lipinski definition) is 0. The maximum Gasteiger partial charge on any atom is 0.338 e. The van der Waals surface area contributed by atoms with Crippen molar-refractivity contribution in [1.82, 2.24) is 0 Å². The zero-order valence-electron chi connectivity index (χ0n) is 13.5. The second kappa shape index (κ2) is 6.72. The summed E-state index contributed by atoms with van der Waals surface area (Å²) in [5.74, 6) is -0.598. The van der Waals surface area contributed by atoms with Crippen LogP contribution in [0.15, 0.2) is 47.4 Å². The molecule has 0 aliphatic heterocycles. The van der Waals surface area contributed by atoms with E-state index < -0.39 is 16.0 Å². The number of nitrogens with zero attached hydrogens (tertiary/aromatic N) is 2. The van der Waals surface area contributed by atoms with Crippen LogP contribution in [0.3, 0.4) is 0 Å².